The lowest BCUT2D eigenvalue weighted by Crippen LogP contribution is -2.50. The Balaban J connectivity index is 0. The van der Waals surface area contributed by atoms with Crippen LogP contribution in [0.25, 0.3) is 0 Å². The normalized spacial score (nSPS) is 16.3. The third kappa shape index (κ3) is 10.6. The summed E-state index contributed by atoms with van der Waals surface area (Å²) in [6, 6.07) is -1.03. The van der Waals surface area contributed by atoms with Crippen molar-refractivity contribution in [1.29, 1.82) is 0 Å². The summed E-state index contributed by atoms with van der Waals surface area (Å²) in [5.41, 5.74) is 14.5. The molecular formula is C10H23N3O7. The van der Waals surface area contributed by atoms with Crippen LogP contribution in [0.5, 0.6) is 0 Å². The maximum Gasteiger partial charge on any atom is 0.217 e. The fourth-order valence-corrected chi connectivity index (χ4v) is 0.943. The average Bonchev–Trinajstić information content (AvgIpc) is 2.42. The Morgan fingerprint density at radius 1 is 0.850 bits per heavy atom. The number of amides is 2. The molecule has 0 fully saturated rings. The predicted molar refractivity (Wildman–Crippen MR) is 67.8 cm³/mol. The van der Waals surface area contributed by atoms with Gasteiger partial charge in [0.15, 0.2) is 0 Å². The van der Waals surface area contributed by atoms with Gasteiger partial charge in [0, 0.05) is 12.8 Å². The molecule has 0 spiro atoms. The topological polar surface area (TPSA) is 213 Å². The molecule has 0 aromatic heterocycles. The van der Waals surface area contributed by atoms with Crippen LogP contribution in [0.4, 0.5) is 0 Å². The van der Waals surface area contributed by atoms with Gasteiger partial charge in [-0.2, -0.15) is 0 Å². The van der Waals surface area contributed by atoms with Crippen molar-refractivity contribution in [2.24, 2.45) is 17.2 Å². The smallest absolute Gasteiger partial charge is 0.217 e. The SMILES string of the molecule is NC(=O)CCC(N)=O.N[C@@H](CO)[C@@H](O)[C@H](O)[C@H](O)CO. The second kappa shape index (κ2) is 11.5. The van der Waals surface area contributed by atoms with Crippen molar-refractivity contribution in [1.82, 2.24) is 0 Å². The molecule has 0 aliphatic carbocycles. The summed E-state index contributed by atoms with van der Waals surface area (Å²) in [7, 11) is 0. The van der Waals surface area contributed by atoms with E-state index in [4.69, 9.17) is 42.7 Å². The molecule has 4 atom stereocenters. The second-order valence-corrected chi connectivity index (χ2v) is 4.01. The Labute approximate surface area is 115 Å². The fourth-order valence-electron chi connectivity index (χ4n) is 0.943. The first-order chi connectivity index (χ1) is 9.17. The summed E-state index contributed by atoms with van der Waals surface area (Å²) in [5, 5.41) is 43.8. The van der Waals surface area contributed by atoms with Gasteiger partial charge in [0.05, 0.1) is 25.4 Å². The van der Waals surface area contributed by atoms with Gasteiger partial charge in [-0.05, 0) is 0 Å². The van der Waals surface area contributed by atoms with Gasteiger partial charge in [-0.1, -0.05) is 0 Å². The lowest BCUT2D eigenvalue weighted by Gasteiger charge is -2.24. The summed E-state index contributed by atoms with van der Waals surface area (Å²) >= 11 is 0. The van der Waals surface area contributed by atoms with Crippen LogP contribution >= 0.6 is 0 Å². The summed E-state index contributed by atoms with van der Waals surface area (Å²) in [4.78, 5) is 19.8. The van der Waals surface area contributed by atoms with E-state index in [1.54, 1.807) is 0 Å². The van der Waals surface area contributed by atoms with Crippen molar-refractivity contribution in [3.8, 4) is 0 Å². The molecule has 10 heteroatoms. The number of aliphatic hydroxyl groups excluding tert-OH is 5. The van der Waals surface area contributed by atoms with E-state index in [1.165, 1.54) is 0 Å². The van der Waals surface area contributed by atoms with E-state index < -0.39 is 49.4 Å². The zero-order valence-corrected chi connectivity index (χ0v) is 10.9. The molecule has 20 heavy (non-hydrogen) atoms. The number of aliphatic hydroxyl groups is 5. The molecule has 0 unspecified atom stereocenters. The summed E-state index contributed by atoms with van der Waals surface area (Å²) in [6.07, 6.45) is -4.34. The number of carbonyl (C=O) groups excluding carboxylic acids is 2. The Morgan fingerprint density at radius 2 is 1.25 bits per heavy atom. The predicted octanol–water partition coefficient (Wildman–Crippen LogP) is -4.88. The highest BCUT2D eigenvalue weighted by Crippen LogP contribution is 2.02. The van der Waals surface area contributed by atoms with Gasteiger partial charge < -0.3 is 42.7 Å². The molecule has 11 N–H and O–H groups in total. The number of primary amides is 2. The molecule has 2 amide bonds. The van der Waals surface area contributed by atoms with Crippen LogP contribution in [0.3, 0.4) is 0 Å². The molecule has 0 heterocycles. The first kappa shape index (κ1) is 21.0. The third-order valence-electron chi connectivity index (χ3n) is 2.20. The minimum atomic E-state index is -1.54. The van der Waals surface area contributed by atoms with E-state index in [2.05, 4.69) is 0 Å². The van der Waals surface area contributed by atoms with Crippen molar-refractivity contribution >= 4 is 11.8 Å². The number of nitrogens with two attached hydrogens (primary N) is 3. The van der Waals surface area contributed by atoms with Crippen LogP contribution in [-0.4, -0.2) is 74.9 Å². The quantitative estimate of drug-likeness (QED) is 0.217. The van der Waals surface area contributed by atoms with Crippen molar-refractivity contribution in [2.75, 3.05) is 13.2 Å². The van der Waals surface area contributed by atoms with Crippen LogP contribution in [0.15, 0.2) is 0 Å². The fraction of sp³-hybridized carbons (Fsp3) is 0.800. The van der Waals surface area contributed by atoms with Crippen LogP contribution in [0.2, 0.25) is 0 Å². The van der Waals surface area contributed by atoms with Crippen LogP contribution in [0, 0.1) is 0 Å². The van der Waals surface area contributed by atoms with E-state index in [0.29, 0.717) is 0 Å². The van der Waals surface area contributed by atoms with Crippen molar-refractivity contribution in [3.05, 3.63) is 0 Å². The molecule has 0 bridgehead atoms. The number of carbonyl (C=O) groups is 2. The molecule has 0 aliphatic rings. The number of rotatable bonds is 8. The first-order valence-electron chi connectivity index (χ1n) is 5.75. The molecule has 0 saturated carbocycles. The maximum atomic E-state index is 9.92. The van der Waals surface area contributed by atoms with Crippen LogP contribution in [0.1, 0.15) is 12.8 Å². The van der Waals surface area contributed by atoms with E-state index in [1.807, 2.05) is 0 Å². The lowest BCUT2D eigenvalue weighted by molar-refractivity contribution is -0.123. The third-order valence-corrected chi connectivity index (χ3v) is 2.20. The summed E-state index contributed by atoms with van der Waals surface area (Å²) in [6.45, 7) is -1.17. The van der Waals surface area contributed by atoms with Gasteiger partial charge in [0.25, 0.3) is 0 Å². The van der Waals surface area contributed by atoms with E-state index in [9.17, 15) is 9.59 Å². The molecule has 0 radical (unpaired) electrons. The van der Waals surface area contributed by atoms with Crippen molar-refractivity contribution in [3.63, 3.8) is 0 Å². The molecule has 0 aromatic carbocycles. The molecular weight excluding hydrogens is 274 g/mol. The molecule has 0 aromatic rings. The highest BCUT2D eigenvalue weighted by Gasteiger charge is 2.28. The Morgan fingerprint density at radius 3 is 1.50 bits per heavy atom. The second-order valence-electron chi connectivity index (χ2n) is 4.01. The van der Waals surface area contributed by atoms with Gasteiger partial charge in [-0.15, -0.1) is 0 Å². The number of hydrogen-bond acceptors (Lipinski definition) is 8. The molecule has 10 nitrogen and oxygen atoms in total. The molecule has 0 rings (SSSR count). The highest BCUT2D eigenvalue weighted by molar-refractivity contribution is 5.81. The monoisotopic (exact) mass is 297 g/mol. The molecule has 0 aliphatic heterocycles. The Hall–Kier alpha value is -1.30. The largest absolute Gasteiger partial charge is 0.395 e. The zero-order chi connectivity index (χ0) is 16.3. The Bertz CT molecular complexity index is 262. The highest BCUT2D eigenvalue weighted by atomic mass is 16.4. The summed E-state index contributed by atoms with van der Waals surface area (Å²) in [5.74, 6) is -0.993. The van der Waals surface area contributed by atoms with Crippen LogP contribution < -0.4 is 17.2 Å². The Kier molecular flexibility index (Phi) is 12.1. The molecule has 0 saturated heterocycles. The first-order valence-corrected chi connectivity index (χ1v) is 5.75. The minimum Gasteiger partial charge on any atom is -0.395 e. The standard InChI is InChI=1S/C6H15NO5.C4H8N2O2/c7-3(1-8)5(11)6(12)4(10)2-9;5-3(7)1-2-4(6)8/h3-6,8-12H,1-2,7H2;1-2H2,(H2,5,7)(H2,6,8)/t3-,4+,5+,6+;/m0./s1. The average molecular weight is 297 g/mol. The van der Waals surface area contributed by atoms with Crippen molar-refractivity contribution < 1.29 is 35.1 Å². The van der Waals surface area contributed by atoms with E-state index >= 15 is 0 Å². The number of hydrogen-bond donors (Lipinski definition) is 8. The van der Waals surface area contributed by atoms with Gasteiger partial charge in [0.2, 0.25) is 11.8 Å². The van der Waals surface area contributed by atoms with Crippen molar-refractivity contribution in [2.45, 2.75) is 37.2 Å². The van der Waals surface area contributed by atoms with Gasteiger partial charge >= 0.3 is 0 Å². The van der Waals surface area contributed by atoms with E-state index in [-0.39, 0.29) is 12.8 Å². The molecule has 120 valence electrons. The van der Waals surface area contributed by atoms with Gasteiger partial charge in [0.1, 0.15) is 12.2 Å². The van der Waals surface area contributed by atoms with Gasteiger partial charge in [-0.3, -0.25) is 9.59 Å². The summed E-state index contributed by atoms with van der Waals surface area (Å²) < 4.78 is 0. The lowest BCUT2D eigenvalue weighted by atomic mass is 10.0. The maximum absolute atomic E-state index is 9.92. The van der Waals surface area contributed by atoms with Gasteiger partial charge in [-0.25, -0.2) is 0 Å². The van der Waals surface area contributed by atoms with Crippen LogP contribution in [-0.2, 0) is 9.59 Å². The zero-order valence-electron chi connectivity index (χ0n) is 10.9. The van der Waals surface area contributed by atoms with E-state index in [0.717, 1.165) is 0 Å². The minimum absolute atomic E-state index is 0.0509.